The molecule has 0 unspecified atom stereocenters. The van der Waals surface area contributed by atoms with E-state index in [1.165, 1.54) is 6.08 Å². The van der Waals surface area contributed by atoms with E-state index in [0.717, 1.165) is 11.3 Å². The van der Waals surface area contributed by atoms with Crippen molar-refractivity contribution in [2.45, 2.75) is 13.8 Å². The molecule has 5 heteroatoms. The SMILES string of the molecule is C/C=C/C(=O)OCC(=O)NCCOc1cccc(C)c1. The van der Waals surface area contributed by atoms with Crippen molar-refractivity contribution in [2.75, 3.05) is 19.8 Å². The predicted molar refractivity (Wildman–Crippen MR) is 75.5 cm³/mol. The summed E-state index contributed by atoms with van der Waals surface area (Å²) in [7, 11) is 0. The van der Waals surface area contributed by atoms with Crippen LogP contribution >= 0.6 is 0 Å². The molecule has 1 amide bonds. The summed E-state index contributed by atoms with van der Waals surface area (Å²) >= 11 is 0. The second-order valence-corrected chi connectivity index (χ2v) is 4.12. The summed E-state index contributed by atoms with van der Waals surface area (Å²) in [4.78, 5) is 22.3. The van der Waals surface area contributed by atoms with Crippen molar-refractivity contribution in [3.05, 3.63) is 42.0 Å². The number of allylic oxidation sites excluding steroid dienone is 1. The third-order valence-corrected chi connectivity index (χ3v) is 2.33. The minimum Gasteiger partial charge on any atom is -0.492 e. The fourth-order valence-corrected chi connectivity index (χ4v) is 1.44. The van der Waals surface area contributed by atoms with Gasteiger partial charge in [0.1, 0.15) is 12.4 Å². The van der Waals surface area contributed by atoms with E-state index < -0.39 is 5.97 Å². The van der Waals surface area contributed by atoms with Gasteiger partial charge >= 0.3 is 5.97 Å². The lowest BCUT2D eigenvalue weighted by atomic mass is 10.2. The maximum atomic E-state index is 11.3. The number of hydrogen-bond donors (Lipinski definition) is 1. The first-order valence-corrected chi connectivity index (χ1v) is 6.37. The first-order chi connectivity index (χ1) is 9.61. The lowest BCUT2D eigenvalue weighted by Gasteiger charge is -2.08. The highest BCUT2D eigenvalue weighted by Crippen LogP contribution is 2.11. The Labute approximate surface area is 118 Å². The van der Waals surface area contributed by atoms with Gasteiger partial charge in [0.2, 0.25) is 0 Å². The fourth-order valence-electron chi connectivity index (χ4n) is 1.44. The number of carbonyl (C=O) groups excluding carboxylic acids is 2. The van der Waals surface area contributed by atoms with Gasteiger partial charge in [-0.2, -0.15) is 0 Å². The molecule has 0 bridgehead atoms. The number of nitrogens with one attached hydrogen (secondary N) is 1. The van der Waals surface area contributed by atoms with Crippen molar-refractivity contribution in [1.82, 2.24) is 5.32 Å². The molecule has 1 N–H and O–H groups in total. The van der Waals surface area contributed by atoms with Gasteiger partial charge in [0.25, 0.3) is 5.91 Å². The van der Waals surface area contributed by atoms with Crippen LogP contribution in [0.15, 0.2) is 36.4 Å². The van der Waals surface area contributed by atoms with Crippen LogP contribution in [0.1, 0.15) is 12.5 Å². The lowest BCUT2D eigenvalue weighted by molar-refractivity contribution is -0.143. The van der Waals surface area contributed by atoms with Gasteiger partial charge in [0, 0.05) is 6.08 Å². The van der Waals surface area contributed by atoms with Crippen LogP contribution in [-0.4, -0.2) is 31.6 Å². The van der Waals surface area contributed by atoms with Crippen LogP contribution in [0, 0.1) is 6.92 Å². The number of benzene rings is 1. The van der Waals surface area contributed by atoms with Crippen molar-refractivity contribution in [2.24, 2.45) is 0 Å². The Kier molecular flexibility index (Phi) is 6.89. The summed E-state index contributed by atoms with van der Waals surface area (Å²) in [5.41, 5.74) is 1.11. The van der Waals surface area contributed by atoms with E-state index >= 15 is 0 Å². The molecule has 1 rings (SSSR count). The quantitative estimate of drug-likeness (QED) is 0.467. The van der Waals surface area contributed by atoms with E-state index in [0.29, 0.717) is 13.2 Å². The molecule has 0 aliphatic carbocycles. The van der Waals surface area contributed by atoms with Crippen molar-refractivity contribution in [3.8, 4) is 5.75 Å². The highest BCUT2D eigenvalue weighted by atomic mass is 16.5. The molecule has 0 atom stereocenters. The van der Waals surface area contributed by atoms with Crippen molar-refractivity contribution >= 4 is 11.9 Å². The normalized spacial score (nSPS) is 10.3. The molecule has 108 valence electrons. The molecule has 0 aliphatic rings. The van der Waals surface area contributed by atoms with Gasteiger partial charge < -0.3 is 14.8 Å². The Balaban J connectivity index is 2.14. The van der Waals surface area contributed by atoms with E-state index in [1.807, 2.05) is 31.2 Å². The third-order valence-electron chi connectivity index (χ3n) is 2.33. The maximum Gasteiger partial charge on any atom is 0.330 e. The average molecular weight is 277 g/mol. The average Bonchev–Trinajstić information content (AvgIpc) is 2.42. The van der Waals surface area contributed by atoms with Crippen LogP contribution < -0.4 is 10.1 Å². The molecule has 0 heterocycles. The highest BCUT2D eigenvalue weighted by molar-refractivity contribution is 5.85. The molecule has 0 aromatic heterocycles. The number of aryl methyl sites for hydroxylation is 1. The predicted octanol–water partition coefficient (Wildman–Crippen LogP) is 1.61. The van der Waals surface area contributed by atoms with E-state index in [2.05, 4.69) is 5.32 Å². The molecule has 0 fully saturated rings. The van der Waals surface area contributed by atoms with Gasteiger partial charge in [-0.05, 0) is 31.5 Å². The van der Waals surface area contributed by atoms with Crippen LogP contribution in [0.3, 0.4) is 0 Å². The van der Waals surface area contributed by atoms with Gasteiger partial charge in [-0.25, -0.2) is 4.79 Å². The van der Waals surface area contributed by atoms with Crippen molar-refractivity contribution in [1.29, 1.82) is 0 Å². The minimum atomic E-state index is -0.529. The van der Waals surface area contributed by atoms with Gasteiger partial charge in [-0.3, -0.25) is 4.79 Å². The molecule has 0 saturated heterocycles. The monoisotopic (exact) mass is 277 g/mol. The van der Waals surface area contributed by atoms with Crippen LogP contribution in [0.4, 0.5) is 0 Å². The van der Waals surface area contributed by atoms with Crippen molar-refractivity contribution in [3.63, 3.8) is 0 Å². The van der Waals surface area contributed by atoms with Gasteiger partial charge in [-0.15, -0.1) is 0 Å². The zero-order valence-corrected chi connectivity index (χ0v) is 11.7. The standard InChI is InChI=1S/C15H19NO4/c1-3-5-15(18)20-11-14(17)16-8-9-19-13-7-4-6-12(2)10-13/h3-7,10H,8-9,11H2,1-2H3,(H,16,17)/b5-3+. The number of carbonyl (C=O) groups is 2. The summed E-state index contributed by atoms with van der Waals surface area (Å²) in [6, 6.07) is 7.66. The first-order valence-electron chi connectivity index (χ1n) is 6.37. The lowest BCUT2D eigenvalue weighted by Crippen LogP contribution is -2.31. The van der Waals surface area contributed by atoms with E-state index in [-0.39, 0.29) is 12.5 Å². The Morgan fingerprint density at radius 1 is 1.35 bits per heavy atom. The molecule has 0 spiro atoms. The number of ether oxygens (including phenoxy) is 2. The van der Waals surface area contributed by atoms with Gasteiger partial charge in [0.15, 0.2) is 6.61 Å². The molecule has 20 heavy (non-hydrogen) atoms. The summed E-state index contributed by atoms with van der Waals surface area (Å²) in [5.74, 6) is -0.117. The van der Waals surface area contributed by atoms with Crippen LogP contribution in [-0.2, 0) is 14.3 Å². The largest absolute Gasteiger partial charge is 0.492 e. The Morgan fingerprint density at radius 3 is 2.85 bits per heavy atom. The molecule has 1 aromatic rings. The molecule has 0 saturated carbocycles. The Hall–Kier alpha value is -2.30. The van der Waals surface area contributed by atoms with Crippen LogP contribution in [0.2, 0.25) is 0 Å². The van der Waals surface area contributed by atoms with Crippen LogP contribution in [0.25, 0.3) is 0 Å². The minimum absolute atomic E-state index is 0.284. The van der Waals surface area contributed by atoms with Crippen molar-refractivity contribution < 1.29 is 19.1 Å². The zero-order chi connectivity index (χ0) is 14.8. The fraction of sp³-hybridized carbons (Fsp3) is 0.333. The van der Waals surface area contributed by atoms with E-state index in [1.54, 1.807) is 13.0 Å². The first kappa shape index (κ1) is 15.8. The molecule has 1 aromatic carbocycles. The summed E-state index contributed by atoms with van der Waals surface area (Å²) in [6.07, 6.45) is 2.81. The van der Waals surface area contributed by atoms with Gasteiger partial charge in [-0.1, -0.05) is 18.2 Å². The number of rotatable bonds is 7. The zero-order valence-electron chi connectivity index (χ0n) is 11.7. The molecular formula is C15H19NO4. The Bertz CT molecular complexity index is 483. The second-order valence-electron chi connectivity index (χ2n) is 4.12. The number of esters is 1. The highest BCUT2D eigenvalue weighted by Gasteiger charge is 2.04. The summed E-state index contributed by atoms with van der Waals surface area (Å²) in [5, 5.41) is 2.60. The van der Waals surface area contributed by atoms with Gasteiger partial charge in [0.05, 0.1) is 6.54 Å². The number of hydrogen-bond acceptors (Lipinski definition) is 4. The third kappa shape index (κ3) is 6.58. The summed E-state index contributed by atoms with van der Waals surface area (Å²) < 4.78 is 10.2. The van der Waals surface area contributed by atoms with E-state index in [4.69, 9.17) is 9.47 Å². The molecule has 5 nitrogen and oxygen atoms in total. The van der Waals surface area contributed by atoms with Crippen LogP contribution in [0.5, 0.6) is 5.75 Å². The topological polar surface area (TPSA) is 64.6 Å². The Morgan fingerprint density at radius 2 is 2.15 bits per heavy atom. The molecular weight excluding hydrogens is 258 g/mol. The smallest absolute Gasteiger partial charge is 0.330 e. The summed E-state index contributed by atoms with van der Waals surface area (Å²) in [6.45, 7) is 4.11. The molecule has 0 radical (unpaired) electrons. The second kappa shape index (κ2) is 8.74. The number of amides is 1. The maximum absolute atomic E-state index is 11.3. The molecule has 0 aliphatic heterocycles. The van der Waals surface area contributed by atoms with E-state index in [9.17, 15) is 9.59 Å².